The summed E-state index contributed by atoms with van der Waals surface area (Å²) in [4.78, 5) is 13.2. The number of thiophene rings is 1. The van der Waals surface area contributed by atoms with E-state index in [9.17, 15) is 18.0 Å². The number of hydrogen-bond acceptors (Lipinski definition) is 5. The molecule has 3 aromatic rings. The largest absolute Gasteiger partial charge is 0.484 e. The van der Waals surface area contributed by atoms with Gasteiger partial charge in [-0.2, -0.15) is 18.3 Å². The van der Waals surface area contributed by atoms with E-state index in [0.717, 1.165) is 10.4 Å². The highest BCUT2D eigenvalue weighted by Crippen LogP contribution is 2.22. The van der Waals surface area contributed by atoms with Crippen LogP contribution in [0.5, 0.6) is 5.75 Å². The van der Waals surface area contributed by atoms with Crippen molar-refractivity contribution in [2.75, 3.05) is 6.61 Å². The second-order valence-electron chi connectivity index (χ2n) is 5.74. The predicted molar refractivity (Wildman–Crippen MR) is 101 cm³/mol. The number of benzene rings is 1. The maximum Gasteiger partial charge on any atom is 0.422 e. The molecular formula is C17H15F3N4O2S2. The molecule has 1 aromatic carbocycles. The van der Waals surface area contributed by atoms with Crippen LogP contribution in [0.15, 0.2) is 41.8 Å². The van der Waals surface area contributed by atoms with Crippen molar-refractivity contribution in [3.8, 4) is 16.5 Å². The standard InChI is InChI=1S/C17H15F3N4O2S2/c18-17(19,20)10-26-12-5-3-11(4-6-12)8-21-14(25)9-24-15(22-23-16(24)27)13-2-1-7-28-13/h1-7H,8-10H2,(H,21,25)(H,23,27). The molecule has 0 saturated heterocycles. The number of rotatable bonds is 7. The lowest BCUT2D eigenvalue weighted by atomic mass is 10.2. The number of H-pyrrole nitrogens is 1. The fourth-order valence-electron chi connectivity index (χ4n) is 2.33. The lowest BCUT2D eigenvalue weighted by Gasteiger charge is -2.10. The number of carbonyl (C=O) groups is 1. The van der Waals surface area contributed by atoms with Crippen LogP contribution >= 0.6 is 23.6 Å². The van der Waals surface area contributed by atoms with Gasteiger partial charge in [-0.15, -0.1) is 11.3 Å². The second-order valence-corrected chi connectivity index (χ2v) is 7.07. The van der Waals surface area contributed by atoms with Gasteiger partial charge >= 0.3 is 6.18 Å². The third kappa shape index (κ3) is 5.42. The Morgan fingerprint density at radius 1 is 1.29 bits per heavy atom. The van der Waals surface area contributed by atoms with Crippen LogP contribution < -0.4 is 10.1 Å². The number of hydrogen-bond donors (Lipinski definition) is 2. The zero-order valence-corrected chi connectivity index (χ0v) is 16.0. The first-order chi connectivity index (χ1) is 13.3. The highest BCUT2D eigenvalue weighted by molar-refractivity contribution is 7.71. The fraction of sp³-hybridized carbons (Fsp3) is 0.235. The molecule has 1 amide bonds. The minimum absolute atomic E-state index is 0.00462. The van der Waals surface area contributed by atoms with E-state index >= 15 is 0 Å². The Hall–Kier alpha value is -2.66. The Kier molecular flexibility index (Phi) is 6.15. The van der Waals surface area contributed by atoms with Gasteiger partial charge < -0.3 is 10.1 Å². The van der Waals surface area contributed by atoms with Crippen molar-refractivity contribution >= 4 is 29.5 Å². The third-order valence-electron chi connectivity index (χ3n) is 3.62. The molecule has 2 N–H and O–H groups in total. The van der Waals surface area contributed by atoms with Crippen LogP contribution in [-0.2, 0) is 17.9 Å². The first-order valence-corrected chi connectivity index (χ1v) is 9.35. The summed E-state index contributed by atoms with van der Waals surface area (Å²) in [5.41, 5.74) is 0.724. The molecule has 0 spiro atoms. The van der Waals surface area contributed by atoms with E-state index in [1.807, 2.05) is 17.5 Å². The van der Waals surface area contributed by atoms with Crippen LogP contribution in [0.2, 0.25) is 0 Å². The molecule has 148 valence electrons. The summed E-state index contributed by atoms with van der Waals surface area (Å²) >= 11 is 6.67. The van der Waals surface area contributed by atoms with E-state index in [1.54, 1.807) is 16.7 Å². The first kappa shape index (κ1) is 20.1. The van der Waals surface area contributed by atoms with Gasteiger partial charge in [-0.25, -0.2) is 0 Å². The Labute approximate surface area is 167 Å². The van der Waals surface area contributed by atoms with Crippen LogP contribution in [0.25, 0.3) is 10.7 Å². The van der Waals surface area contributed by atoms with Crippen LogP contribution in [0.4, 0.5) is 13.2 Å². The maximum absolute atomic E-state index is 12.3. The molecule has 0 bridgehead atoms. The van der Waals surface area contributed by atoms with Crippen molar-refractivity contribution in [3.63, 3.8) is 0 Å². The van der Waals surface area contributed by atoms with Gasteiger partial charge in [-0.05, 0) is 41.4 Å². The summed E-state index contributed by atoms with van der Waals surface area (Å²) in [5, 5.41) is 11.5. The number of carbonyl (C=O) groups excluding carboxylic acids is 1. The van der Waals surface area contributed by atoms with Gasteiger partial charge in [0.1, 0.15) is 12.3 Å². The van der Waals surface area contributed by atoms with Gasteiger partial charge in [-0.3, -0.25) is 14.5 Å². The van der Waals surface area contributed by atoms with Crippen molar-refractivity contribution in [2.45, 2.75) is 19.3 Å². The van der Waals surface area contributed by atoms with Gasteiger partial charge in [0.25, 0.3) is 0 Å². The van der Waals surface area contributed by atoms with E-state index in [2.05, 4.69) is 20.3 Å². The van der Waals surface area contributed by atoms with Crippen LogP contribution in [0, 0.1) is 4.77 Å². The molecule has 0 aliphatic rings. The van der Waals surface area contributed by atoms with Gasteiger partial charge in [0, 0.05) is 6.54 Å². The lowest BCUT2D eigenvalue weighted by molar-refractivity contribution is -0.153. The molecular weight excluding hydrogens is 413 g/mol. The Balaban J connectivity index is 1.55. The Morgan fingerprint density at radius 3 is 2.68 bits per heavy atom. The summed E-state index contributed by atoms with van der Waals surface area (Å²) in [6.07, 6.45) is -4.39. The number of amides is 1. The zero-order valence-electron chi connectivity index (χ0n) is 14.3. The summed E-state index contributed by atoms with van der Waals surface area (Å²) in [7, 11) is 0. The molecule has 0 aliphatic carbocycles. The molecule has 0 fully saturated rings. The number of ether oxygens (including phenoxy) is 1. The third-order valence-corrected chi connectivity index (χ3v) is 4.79. The smallest absolute Gasteiger partial charge is 0.422 e. The summed E-state index contributed by atoms with van der Waals surface area (Å²) in [5.74, 6) is 0.423. The fourth-order valence-corrected chi connectivity index (χ4v) is 3.25. The van der Waals surface area contributed by atoms with Crippen LogP contribution in [-0.4, -0.2) is 33.5 Å². The minimum Gasteiger partial charge on any atom is -0.484 e. The number of nitrogens with zero attached hydrogens (tertiary/aromatic N) is 2. The van der Waals surface area contributed by atoms with E-state index in [1.165, 1.54) is 23.5 Å². The molecule has 0 aliphatic heterocycles. The molecule has 28 heavy (non-hydrogen) atoms. The number of alkyl halides is 3. The topological polar surface area (TPSA) is 71.9 Å². The molecule has 0 unspecified atom stereocenters. The highest BCUT2D eigenvalue weighted by Gasteiger charge is 2.28. The Bertz CT molecular complexity index is 979. The summed E-state index contributed by atoms with van der Waals surface area (Å²) < 4.78 is 43.0. The molecule has 0 saturated carbocycles. The van der Waals surface area contributed by atoms with Crippen molar-refractivity contribution < 1.29 is 22.7 Å². The average molecular weight is 428 g/mol. The molecule has 2 heterocycles. The quantitative estimate of drug-likeness (QED) is 0.560. The van der Waals surface area contributed by atoms with Gasteiger partial charge in [0.15, 0.2) is 17.2 Å². The van der Waals surface area contributed by atoms with Crippen LogP contribution in [0.1, 0.15) is 5.56 Å². The zero-order chi connectivity index (χ0) is 20.1. The summed E-state index contributed by atoms with van der Waals surface area (Å²) in [6.45, 7) is -1.13. The predicted octanol–water partition coefficient (Wildman–Crippen LogP) is 3.93. The van der Waals surface area contributed by atoms with Gasteiger partial charge in [0.05, 0.1) is 4.88 Å². The number of aromatic nitrogens is 3. The summed E-state index contributed by atoms with van der Waals surface area (Å²) in [6, 6.07) is 9.79. The second kappa shape index (κ2) is 8.57. The monoisotopic (exact) mass is 428 g/mol. The minimum atomic E-state index is -4.39. The molecule has 6 nitrogen and oxygen atoms in total. The molecule has 3 rings (SSSR count). The average Bonchev–Trinajstić information content (AvgIpc) is 3.29. The molecule has 0 radical (unpaired) electrons. The molecule has 0 atom stereocenters. The van der Waals surface area contributed by atoms with Crippen molar-refractivity contribution in [1.82, 2.24) is 20.1 Å². The van der Waals surface area contributed by atoms with Gasteiger partial charge in [-0.1, -0.05) is 18.2 Å². The first-order valence-electron chi connectivity index (χ1n) is 8.06. The van der Waals surface area contributed by atoms with Crippen molar-refractivity contribution in [1.29, 1.82) is 0 Å². The van der Waals surface area contributed by atoms with E-state index < -0.39 is 12.8 Å². The number of aromatic amines is 1. The van der Waals surface area contributed by atoms with E-state index in [4.69, 9.17) is 12.2 Å². The highest BCUT2D eigenvalue weighted by atomic mass is 32.1. The maximum atomic E-state index is 12.3. The van der Waals surface area contributed by atoms with Crippen LogP contribution in [0.3, 0.4) is 0 Å². The molecule has 2 aromatic heterocycles. The lowest BCUT2D eigenvalue weighted by Crippen LogP contribution is -2.27. The van der Waals surface area contributed by atoms with Crippen molar-refractivity contribution in [2.24, 2.45) is 0 Å². The van der Waals surface area contributed by atoms with E-state index in [-0.39, 0.29) is 24.7 Å². The number of nitrogens with one attached hydrogen (secondary N) is 2. The normalized spacial score (nSPS) is 11.4. The van der Waals surface area contributed by atoms with Gasteiger partial charge in [0.2, 0.25) is 5.91 Å². The SMILES string of the molecule is O=C(Cn1c(-c2cccs2)n[nH]c1=S)NCc1ccc(OCC(F)(F)F)cc1. The number of halogens is 3. The van der Waals surface area contributed by atoms with E-state index in [0.29, 0.717) is 10.6 Å². The molecule has 11 heteroatoms. The Morgan fingerprint density at radius 2 is 2.04 bits per heavy atom. The van der Waals surface area contributed by atoms with Crippen molar-refractivity contribution in [3.05, 3.63) is 52.1 Å².